The van der Waals surface area contributed by atoms with Crippen LogP contribution in [0.3, 0.4) is 0 Å². The highest BCUT2D eigenvalue weighted by molar-refractivity contribution is 5.98. The number of amides is 1. The molecule has 1 aliphatic heterocycles. The minimum Gasteiger partial charge on any atom is -0.496 e. The first-order valence-electron chi connectivity index (χ1n) is 11.2. The van der Waals surface area contributed by atoms with Crippen LogP contribution >= 0.6 is 0 Å². The summed E-state index contributed by atoms with van der Waals surface area (Å²) in [6.45, 7) is 2.64. The average Bonchev–Trinajstić information content (AvgIpc) is 3.25. The molecule has 0 radical (unpaired) electrons. The molecular weight excluding hydrogens is 444 g/mol. The van der Waals surface area contributed by atoms with E-state index < -0.39 is 11.6 Å². The Morgan fingerprint density at radius 2 is 2.06 bits per heavy atom. The zero-order chi connectivity index (χ0) is 24.1. The molecule has 1 amide bonds. The minimum atomic E-state index is -0.498. The minimum absolute atomic E-state index is 0.208. The maximum atomic E-state index is 14.1. The van der Waals surface area contributed by atoms with Gasteiger partial charge in [0, 0.05) is 75.4 Å². The lowest BCUT2D eigenvalue weighted by Gasteiger charge is -2.19. The van der Waals surface area contributed by atoms with Crippen LogP contribution in [-0.2, 0) is 26.1 Å². The molecule has 180 valence electrons. The number of carbonyl (C=O) groups is 1. The molecular formula is C24H27F2N5O3. The Hall–Kier alpha value is -3.53. The normalized spacial score (nSPS) is 13.9. The number of halogens is 2. The number of imidazole rings is 1. The summed E-state index contributed by atoms with van der Waals surface area (Å²) in [6.07, 6.45) is 6.38. The number of hydrogen-bond acceptors (Lipinski definition) is 5. The Kier molecular flexibility index (Phi) is 7.36. The lowest BCUT2D eigenvalue weighted by atomic mass is 10.1. The van der Waals surface area contributed by atoms with Gasteiger partial charge in [-0.3, -0.25) is 14.5 Å². The molecule has 1 N–H and O–H groups in total. The number of methoxy groups -OCH3 is 1. The lowest BCUT2D eigenvalue weighted by molar-refractivity contribution is 0.0947. The van der Waals surface area contributed by atoms with Crippen molar-refractivity contribution in [3.8, 4) is 5.75 Å². The van der Waals surface area contributed by atoms with Crippen molar-refractivity contribution in [2.24, 2.45) is 0 Å². The number of pyridine rings is 1. The Labute approximate surface area is 195 Å². The van der Waals surface area contributed by atoms with Gasteiger partial charge in [-0.15, -0.1) is 0 Å². The van der Waals surface area contributed by atoms with Crippen LogP contribution in [-0.4, -0.2) is 51.7 Å². The summed E-state index contributed by atoms with van der Waals surface area (Å²) in [6, 6.07) is 4.71. The summed E-state index contributed by atoms with van der Waals surface area (Å²) < 4.78 is 36.6. The molecule has 0 spiro atoms. The van der Waals surface area contributed by atoms with Gasteiger partial charge < -0.3 is 19.2 Å². The zero-order valence-electron chi connectivity index (χ0n) is 19.0. The summed E-state index contributed by atoms with van der Waals surface area (Å²) in [5.74, 6) is -1.05. The predicted molar refractivity (Wildman–Crippen MR) is 122 cm³/mol. The summed E-state index contributed by atoms with van der Waals surface area (Å²) in [5, 5.41) is 2.92. The quantitative estimate of drug-likeness (QED) is 0.510. The van der Waals surface area contributed by atoms with E-state index >= 15 is 0 Å². The SMILES string of the molecule is COc1cc(=O)n2c(c1C(=O)NCCCn1ccnc1)CCN(Cc1cc(F)ccc1F)CC2. The molecule has 34 heavy (non-hydrogen) atoms. The van der Waals surface area contributed by atoms with Gasteiger partial charge in [-0.1, -0.05) is 0 Å². The number of rotatable bonds is 8. The van der Waals surface area contributed by atoms with E-state index in [4.69, 9.17) is 4.74 Å². The number of aromatic nitrogens is 3. The molecule has 0 bridgehead atoms. The Bertz CT molecular complexity index is 1210. The summed E-state index contributed by atoms with van der Waals surface area (Å²) in [4.78, 5) is 31.8. The third-order valence-corrected chi connectivity index (χ3v) is 5.97. The Morgan fingerprint density at radius 3 is 2.82 bits per heavy atom. The largest absolute Gasteiger partial charge is 0.496 e. The molecule has 10 heteroatoms. The highest BCUT2D eigenvalue weighted by Gasteiger charge is 2.25. The van der Waals surface area contributed by atoms with Gasteiger partial charge in [0.15, 0.2) is 0 Å². The van der Waals surface area contributed by atoms with Crippen LogP contribution in [0.25, 0.3) is 0 Å². The van der Waals surface area contributed by atoms with Gasteiger partial charge in [-0.25, -0.2) is 13.8 Å². The molecule has 8 nitrogen and oxygen atoms in total. The number of ether oxygens (including phenoxy) is 1. The molecule has 0 saturated heterocycles. The molecule has 4 rings (SSSR count). The molecule has 0 fully saturated rings. The number of nitrogens with one attached hydrogen (secondary N) is 1. The molecule has 3 aromatic rings. The fourth-order valence-electron chi connectivity index (χ4n) is 4.23. The van der Waals surface area contributed by atoms with Gasteiger partial charge in [0.1, 0.15) is 22.9 Å². The third-order valence-electron chi connectivity index (χ3n) is 5.97. The Balaban J connectivity index is 1.50. The summed E-state index contributed by atoms with van der Waals surface area (Å²) in [5.41, 5.74) is 0.913. The van der Waals surface area contributed by atoms with Crippen LogP contribution in [0.5, 0.6) is 5.75 Å². The second-order valence-corrected chi connectivity index (χ2v) is 8.20. The number of nitrogens with zero attached hydrogens (tertiary/aromatic N) is 4. The van der Waals surface area contributed by atoms with E-state index in [1.54, 1.807) is 17.1 Å². The molecule has 0 saturated carbocycles. The molecule has 1 aromatic carbocycles. The first-order chi connectivity index (χ1) is 16.5. The Morgan fingerprint density at radius 1 is 1.21 bits per heavy atom. The maximum absolute atomic E-state index is 14.1. The first kappa shape index (κ1) is 23.6. The van der Waals surface area contributed by atoms with Gasteiger partial charge in [0.05, 0.1) is 13.4 Å². The standard InChI is InChI=1S/C24H27F2N5O3/c1-34-21-14-22(32)31-12-11-29(15-17-13-18(25)3-4-19(17)26)9-5-20(31)23(21)24(33)28-6-2-8-30-10-7-27-16-30/h3-4,7,10,13-14,16H,2,5-6,8-9,11-12,15H2,1H3,(H,28,33). The number of carbonyl (C=O) groups excluding carboxylic acids is 1. The first-order valence-corrected chi connectivity index (χ1v) is 11.2. The van der Waals surface area contributed by atoms with Crippen molar-refractivity contribution >= 4 is 5.91 Å². The molecule has 3 heterocycles. The zero-order valence-corrected chi connectivity index (χ0v) is 19.0. The monoisotopic (exact) mass is 471 g/mol. The second kappa shape index (κ2) is 10.6. The van der Waals surface area contributed by atoms with Gasteiger partial charge in [-0.05, 0) is 24.6 Å². The predicted octanol–water partition coefficient (Wildman–Crippen LogP) is 2.21. The van der Waals surface area contributed by atoms with Crippen LogP contribution < -0.4 is 15.6 Å². The molecule has 0 atom stereocenters. The van der Waals surface area contributed by atoms with Crippen LogP contribution in [0.2, 0.25) is 0 Å². The van der Waals surface area contributed by atoms with Gasteiger partial charge >= 0.3 is 0 Å². The highest BCUT2D eigenvalue weighted by Crippen LogP contribution is 2.23. The second-order valence-electron chi connectivity index (χ2n) is 8.20. The van der Waals surface area contributed by atoms with E-state index in [2.05, 4.69) is 10.3 Å². The van der Waals surface area contributed by atoms with Crippen molar-refractivity contribution in [3.63, 3.8) is 0 Å². The van der Waals surface area contributed by atoms with Crippen molar-refractivity contribution in [2.75, 3.05) is 26.7 Å². The average molecular weight is 472 g/mol. The van der Waals surface area contributed by atoms with Gasteiger partial charge in [0.2, 0.25) is 0 Å². The lowest BCUT2D eigenvalue weighted by Crippen LogP contribution is -2.32. The maximum Gasteiger partial charge on any atom is 0.256 e. The fraction of sp³-hybridized carbons (Fsp3) is 0.375. The highest BCUT2D eigenvalue weighted by atomic mass is 19.1. The number of hydrogen-bond donors (Lipinski definition) is 1. The van der Waals surface area contributed by atoms with E-state index in [9.17, 15) is 18.4 Å². The van der Waals surface area contributed by atoms with Crippen molar-refractivity contribution in [1.29, 1.82) is 0 Å². The summed E-state index contributed by atoms with van der Waals surface area (Å²) >= 11 is 0. The topological polar surface area (TPSA) is 81.4 Å². The van der Waals surface area contributed by atoms with E-state index in [0.717, 1.165) is 18.7 Å². The van der Waals surface area contributed by atoms with Crippen molar-refractivity contribution in [3.05, 3.63) is 81.8 Å². The molecule has 0 aliphatic carbocycles. The van der Waals surface area contributed by atoms with Gasteiger partial charge in [-0.2, -0.15) is 0 Å². The van der Waals surface area contributed by atoms with E-state index in [1.807, 2.05) is 15.7 Å². The summed E-state index contributed by atoms with van der Waals surface area (Å²) in [7, 11) is 1.43. The third kappa shape index (κ3) is 5.33. The van der Waals surface area contributed by atoms with E-state index in [-0.39, 0.29) is 29.3 Å². The van der Waals surface area contributed by atoms with Crippen LogP contribution in [0.4, 0.5) is 8.78 Å². The molecule has 0 unspecified atom stereocenters. The number of fused-ring (bicyclic) bond motifs is 1. The van der Waals surface area contributed by atoms with Crippen LogP contribution in [0.15, 0.2) is 47.8 Å². The molecule has 2 aromatic heterocycles. The fourth-order valence-corrected chi connectivity index (χ4v) is 4.23. The van der Waals surface area contributed by atoms with E-state index in [1.165, 1.54) is 19.2 Å². The van der Waals surface area contributed by atoms with Gasteiger partial charge in [0.25, 0.3) is 11.5 Å². The number of aryl methyl sites for hydroxylation is 1. The van der Waals surface area contributed by atoms with Crippen molar-refractivity contribution < 1.29 is 18.3 Å². The van der Waals surface area contributed by atoms with Crippen molar-refractivity contribution in [1.82, 2.24) is 24.3 Å². The molecule has 1 aliphatic rings. The van der Waals surface area contributed by atoms with Crippen molar-refractivity contribution in [2.45, 2.75) is 32.5 Å². The number of benzene rings is 1. The van der Waals surface area contributed by atoms with Crippen LogP contribution in [0.1, 0.15) is 28.0 Å². The van der Waals surface area contributed by atoms with Crippen LogP contribution in [0, 0.1) is 11.6 Å². The smallest absolute Gasteiger partial charge is 0.256 e. The van der Waals surface area contributed by atoms with E-state index in [0.29, 0.717) is 50.3 Å².